The van der Waals surface area contributed by atoms with Crippen LogP contribution in [0.1, 0.15) is 50.7 Å². The summed E-state index contributed by atoms with van der Waals surface area (Å²) >= 11 is 0. The summed E-state index contributed by atoms with van der Waals surface area (Å²) in [4.78, 5) is 12.4. The fourth-order valence-corrected chi connectivity index (χ4v) is 3.34. The summed E-state index contributed by atoms with van der Waals surface area (Å²) in [7, 11) is 0. The molecule has 0 aromatic heterocycles. The molecular weight excluding hydrogens is 260 g/mol. The molecule has 0 heterocycles. The lowest BCUT2D eigenvalue weighted by Gasteiger charge is -2.24. The van der Waals surface area contributed by atoms with Gasteiger partial charge in [-0.05, 0) is 51.2 Å². The summed E-state index contributed by atoms with van der Waals surface area (Å²) < 4.78 is 0. The zero-order valence-electron chi connectivity index (χ0n) is 13.7. The van der Waals surface area contributed by atoms with E-state index in [1.807, 2.05) is 26.0 Å². The molecule has 0 saturated heterocycles. The molecule has 0 unspecified atom stereocenters. The standard InChI is InChI=1S/C18H28N2O/c1-5-15-7-6-8-17(15)19-14(4)18(21)20-16-10-9-12(2)11-13(16)3/h9-11,14-15,17,19H,5-8H2,1-4H3,(H,20,21)/t14-,15+,17-/m0/s1. The van der Waals surface area contributed by atoms with Crippen molar-refractivity contribution in [1.29, 1.82) is 0 Å². The Bertz CT molecular complexity index is 498. The van der Waals surface area contributed by atoms with E-state index in [2.05, 4.69) is 30.5 Å². The Labute approximate surface area is 128 Å². The van der Waals surface area contributed by atoms with E-state index in [4.69, 9.17) is 0 Å². The molecule has 0 radical (unpaired) electrons. The van der Waals surface area contributed by atoms with Gasteiger partial charge in [-0.3, -0.25) is 4.79 Å². The highest BCUT2D eigenvalue weighted by atomic mass is 16.2. The van der Waals surface area contributed by atoms with Gasteiger partial charge in [0.2, 0.25) is 5.91 Å². The number of anilines is 1. The van der Waals surface area contributed by atoms with Gasteiger partial charge in [0.15, 0.2) is 0 Å². The topological polar surface area (TPSA) is 41.1 Å². The van der Waals surface area contributed by atoms with Gasteiger partial charge < -0.3 is 10.6 Å². The maximum absolute atomic E-state index is 12.4. The molecule has 1 saturated carbocycles. The average Bonchev–Trinajstić information content (AvgIpc) is 2.89. The van der Waals surface area contributed by atoms with Crippen LogP contribution in [0.3, 0.4) is 0 Å². The third-order valence-electron chi connectivity index (χ3n) is 4.68. The number of hydrogen-bond donors (Lipinski definition) is 2. The quantitative estimate of drug-likeness (QED) is 0.865. The van der Waals surface area contributed by atoms with Gasteiger partial charge >= 0.3 is 0 Å². The van der Waals surface area contributed by atoms with Crippen LogP contribution in [0.4, 0.5) is 5.69 Å². The van der Waals surface area contributed by atoms with E-state index >= 15 is 0 Å². The summed E-state index contributed by atoms with van der Waals surface area (Å²) in [6, 6.07) is 6.46. The molecule has 3 nitrogen and oxygen atoms in total. The first-order chi connectivity index (χ1) is 10.0. The van der Waals surface area contributed by atoms with E-state index in [9.17, 15) is 4.79 Å². The smallest absolute Gasteiger partial charge is 0.241 e. The normalized spacial score (nSPS) is 23.0. The van der Waals surface area contributed by atoms with Gasteiger partial charge in [-0.2, -0.15) is 0 Å². The number of rotatable bonds is 5. The largest absolute Gasteiger partial charge is 0.324 e. The molecule has 3 atom stereocenters. The van der Waals surface area contributed by atoms with Crippen molar-refractivity contribution in [2.24, 2.45) is 5.92 Å². The molecule has 1 aromatic carbocycles. The minimum atomic E-state index is -0.150. The Kier molecular flexibility index (Phi) is 5.40. The second kappa shape index (κ2) is 7.08. The molecule has 1 aliphatic carbocycles. The first-order valence-corrected chi connectivity index (χ1v) is 8.15. The summed E-state index contributed by atoms with van der Waals surface area (Å²) in [5.74, 6) is 0.782. The van der Waals surface area contributed by atoms with Crippen LogP contribution in [0.2, 0.25) is 0 Å². The Hall–Kier alpha value is -1.35. The molecule has 1 aromatic rings. The molecule has 0 aliphatic heterocycles. The Morgan fingerprint density at radius 3 is 2.76 bits per heavy atom. The number of aryl methyl sites for hydroxylation is 2. The zero-order valence-corrected chi connectivity index (χ0v) is 13.7. The molecule has 2 rings (SSSR count). The van der Waals surface area contributed by atoms with Crippen LogP contribution in [0.15, 0.2) is 18.2 Å². The van der Waals surface area contributed by atoms with Crippen LogP contribution in [-0.2, 0) is 4.79 Å². The van der Waals surface area contributed by atoms with Crippen LogP contribution in [0, 0.1) is 19.8 Å². The zero-order chi connectivity index (χ0) is 15.4. The SMILES string of the molecule is CC[C@@H]1CCC[C@@H]1N[C@@H](C)C(=O)Nc1ccc(C)cc1C. The van der Waals surface area contributed by atoms with Crippen molar-refractivity contribution in [3.05, 3.63) is 29.3 Å². The van der Waals surface area contributed by atoms with Gasteiger partial charge in [-0.1, -0.05) is 37.5 Å². The van der Waals surface area contributed by atoms with Crippen molar-refractivity contribution in [3.63, 3.8) is 0 Å². The summed E-state index contributed by atoms with van der Waals surface area (Å²) in [5.41, 5.74) is 3.24. The van der Waals surface area contributed by atoms with Crippen LogP contribution in [0.5, 0.6) is 0 Å². The van der Waals surface area contributed by atoms with Crippen molar-refractivity contribution < 1.29 is 4.79 Å². The number of nitrogens with one attached hydrogen (secondary N) is 2. The lowest BCUT2D eigenvalue weighted by atomic mass is 10.00. The van der Waals surface area contributed by atoms with Gasteiger partial charge in [0.1, 0.15) is 0 Å². The van der Waals surface area contributed by atoms with Crippen LogP contribution < -0.4 is 10.6 Å². The van der Waals surface area contributed by atoms with Crippen molar-refractivity contribution in [2.45, 2.75) is 65.5 Å². The first kappa shape index (κ1) is 16.0. The van der Waals surface area contributed by atoms with Crippen molar-refractivity contribution >= 4 is 11.6 Å². The van der Waals surface area contributed by atoms with Crippen LogP contribution in [-0.4, -0.2) is 18.0 Å². The fourth-order valence-electron chi connectivity index (χ4n) is 3.34. The van der Waals surface area contributed by atoms with E-state index < -0.39 is 0 Å². The molecule has 116 valence electrons. The minimum absolute atomic E-state index is 0.0590. The van der Waals surface area contributed by atoms with Crippen molar-refractivity contribution in [3.8, 4) is 0 Å². The average molecular weight is 288 g/mol. The number of amides is 1. The number of hydrogen-bond acceptors (Lipinski definition) is 2. The molecule has 21 heavy (non-hydrogen) atoms. The second-order valence-corrected chi connectivity index (χ2v) is 6.40. The lowest BCUT2D eigenvalue weighted by molar-refractivity contribution is -0.118. The summed E-state index contributed by atoms with van der Waals surface area (Å²) in [6.45, 7) is 8.30. The first-order valence-electron chi connectivity index (χ1n) is 8.15. The maximum Gasteiger partial charge on any atom is 0.241 e. The molecular formula is C18H28N2O. The Balaban J connectivity index is 1.93. The van der Waals surface area contributed by atoms with E-state index in [0.717, 1.165) is 17.2 Å². The van der Waals surface area contributed by atoms with E-state index in [1.165, 1.54) is 31.2 Å². The lowest BCUT2D eigenvalue weighted by Crippen LogP contribution is -2.45. The summed E-state index contributed by atoms with van der Waals surface area (Å²) in [6.07, 6.45) is 4.96. The van der Waals surface area contributed by atoms with Crippen LogP contribution in [0.25, 0.3) is 0 Å². The molecule has 1 aliphatic rings. The van der Waals surface area contributed by atoms with E-state index in [-0.39, 0.29) is 11.9 Å². The number of carbonyl (C=O) groups is 1. The third-order valence-corrected chi connectivity index (χ3v) is 4.68. The molecule has 3 heteroatoms. The minimum Gasteiger partial charge on any atom is -0.324 e. The van der Waals surface area contributed by atoms with E-state index in [1.54, 1.807) is 0 Å². The molecule has 2 N–H and O–H groups in total. The van der Waals surface area contributed by atoms with Gasteiger partial charge in [0, 0.05) is 11.7 Å². The molecule has 0 bridgehead atoms. The number of benzene rings is 1. The van der Waals surface area contributed by atoms with Crippen molar-refractivity contribution in [1.82, 2.24) is 5.32 Å². The summed E-state index contributed by atoms with van der Waals surface area (Å²) in [5, 5.41) is 6.56. The second-order valence-electron chi connectivity index (χ2n) is 6.40. The predicted molar refractivity (Wildman–Crippen MR) is 88.6 cm³/mol. The maximum atomic E-state index is 12.4. The highest BCUT2D eigenvalue weighted by molar-refractivity contribution is 5.95. The van der Waals surface area contributed by atoms with Crippen molar-refractivity contribution in [2.75, 3.05) is 5.32 Å². The van der Waals surface area contributed by atoms with Gasteiger partial charge in [0.25, 0.3) is 0 Å². The van der Waals surface area contributed by atoms with Gasteiger partial charge in [-0.25, -0.2) is 0 Å². The van der Waals surface area contributed by atoms with Crippen LogP contribution >= 0.6 is 0 Å². The number of carbonyl (C=O) groups excluding carboxylic acids is 1. The van der Waals surface area contributed by atoms with Gasteiger partial charge in [0.05, 0.1) is 6.04 Å². The molecule has 0 spiro atoms. The predicted octanol–water partition coefficient (Wildman–Crippen LogP) is 3.80. The Morgan fingerprint density at radius 1 is 1.33 bits per heavy atom. The molecule has 1 amide bonds. The Morgan fingerprint density at radius 2 is 2.10 bits per heavy atom. The fraction of sp³-hybridized carbons (Fsp3) is 0.611. The highest BCUT2D eigenvalue weighted by Crippen LogP contribution is 2.28. The van der Waals surface area contributed by atoms with Gasteiger partial charge in [-0.15, -0.1) is 0 Å². The highest BCUT2D eigenvalue weighted by Gasteiger charge is 2.28. The molecule has 1 fully saturated rings. The monoisotopic (exact) mass is 288 g/mol. The van der Waals surface area contributed by atoms with E-state index in [0.29, 0.717) is 6.04 Å². The third kappa shape index (κ3) is 4.07.